The van der Waals surface area contributed by atoms with Crippen LogP contribution in [0.4, 0.5) is 11.5 Å². The predicted octanol–water partition coefficient (Wildman–Crippen LogP) is 4.87. The van der Waals surface area contributed by atoms with Gasteiger partial charge in [-0.1, -0.05) is 41.9 Å². The average Bonchev–Trinajstić information content (AvgIpc) is 3.24. The molecule has 2 N–H and O–H groups in total. The number of benzene rings is 2. The molecule has 1 aliphatic heterocycles. The van der Waals surface area contributed by atoms with E-state index in [0.29, 0.717) is 12.2 Å². The molecule has 0 spiro atoms. The molecule has 6 nitrogen and oxygen atoms in total. The van der Waals surface area contributed by atoms with Crippen LogP contribution in [0.15, 0.2) is 66.9 Å². The predicted molar refractivity (Wildman–Crippen MR) is 117 cm³/mol. The van der Waals surface area contributed by atoms with Gasteiger partial charge in [-0.2, -0.15) is 0 Å². The molecule has 1 atom stereocenters. The zero-order valence-corrected chi connectivity index (χ0v) is 16.6. The van der Waals surface area contributed by atoms with Crippen LogP contribution in [-0.2, 0) is 6.54 Å². The maximum atomic E-state index is 6.51. The van der Waals surface area contributed by atoms with Crippen molar-refractivity contribution in [2.45, 2.75) is 19.5 Å². The molecule has 1 aliphatic rings. The van der Waals surface area contributed by atoms with Crippen molar-refractivity contribution in [1.82, 2.24) is 19.9 Å². The fourth-order valence-electron chi connectivity index (χ4n) is 3.72. The molecule has 2 aromatic carbocycles. The molecule has 4 aromatic rings. The molecule has 0 amide bonds. The van der Waals surface area contributed by atoms with Gasteiger partial charge in [0.25, 0.3) is 0 Å². The minimum Gasteiger partial charge on any atom is -0.360 e. The van der Waals surface area contributed by atoms with Crippen LogP contribution in [0.3, 0.4) is 0 Å². The number of H-pyrrole nitrogens is 1. The Labute approximate surface area is 173 Å². The third-order valence-electron chi connectivity index (χ3n) is 5.17. The van der Waals surface area contributed by atoms with E-state index in [4.69, 9.17) is 11.6 Å². The maximum absolute atomic E-state index is 6.51. The molecule has 0 aliphatic carbocycles. The van der Waals surface area contributed by atoms with E-state index in [1.165, 1.54) is 6.33 Å². The molecule has 0 fully saturated rings. The van der Waals surface area contributed by atoms with Gasteiger partial charge >= 0.3 is 0 Å². The first kappa shape index (κ1) is 17.7. The highest BCUT2D eigenvalue weighted by atomic mass is 35.5. The van der Waals surface area contributed by atoms with Crippen molar-refractivity contribution in [2.75, 3.05) is 10.2 Å². The monoisotopic (exact) mass is 402 g/mol. The quantitative estimate of drug-likeness (QED) is 0.509. The van der Waals surface area contributed by atoms with Crippen LogP contribution in [0.2, 0.25) is 5.02 Å². The van der Waals surface area contributed by atoms with Gasteiger partial charge < -0.3 is 15.2 Å². The van der Waals surface area contributed by atoms with Crippen molar-refractivity contribution in [3.8, 4) is 0 Å². The summed E-state index contributed by atoms with van der Waals surface area (Å²) in [6, 6.07) is 16.4. The Morgan fingerprint density at radius 3 is 2.79 bits per heavy atom. The zero-order valence-electron chi connectivity index (χ0n) is 15.8. The van der Waals surface area contributed by atoms with Crippen molar-refractivity contribution in [1.29, 1.82) is 0 Å². The first-order valence-electron chi connectivity index (χ1n) is 9.43. The summed E-state index contributed by atoms with van der Waals surface area (Å²) >= 11 is 6.51. The van der Waals surface area contributed by atoms with Crippen LogP contribution in [0.5, 0.6) is 0 Å². The summed E-state index contributed by atoms with van der Waals surface area (Å²) < 4.78 is 0. The summed E-state index contributed by atoms with van der Waals surface area (Å²) in [6.07, 6.45) is 5.35. The number of halogens is 1. The van der Waals surface area contributed by atoms with Crippen molar-refractivity contribution in [2.24, 2.45) is 0 Å². The van der Waals surface area contributed by atoms with Gasteiger partial charge in [0, 0.05) is 23.0 Å². The summed E-state index contributed by atoms with van der Waals surface area (Å²) in [5.41, 5.74) is 5.97. The molecule has 0 radical (unpaired) electrons. The lowest BCUT2D eigenvalue weighted by molar-refractivity contribution is 0.797. The lowest BCUT2D eigenvalue weighted by Gasteiger charge is -2.35. The van der Waals surface area contributed by atoms with Crippen molar-refractivity contribution in [3.63, 3.8) is 0 Å². The van der Waals surface area contributed by atoms with Crippen LogP contribution in [0.1, 0.15) is 18.1 Å². The van der Waals surface area contributed by atoms with Crippen LogP contribution in [0.25, 0.3) is 17.2 Å². The zero-order chi connectivity index (χ0) is 19.8. The first-order chi connectivity index (χ1) is 14.2. The number of para-hydroxylation sites is 1. The van der Waals surface area contributed by atoms with Gasteiger partial charge in [0.05, 0.1) is 12.4 Å². The lowest BCUT2D eigenvalue weighted by Crippen LogP contribution is -2.35. The third-order valence-corrected chi connectivity index (χ3v) is 5.53. The highest BCUT2D eigenvalue weighted by Crippen LogP contribution is 2.35. The van der Waals surface area contributed by atoms with E-state index >= 15 is 0 Å². The van der Waals surface area contributed by atoms with Gasteiger partial charge in [0.15, 0.2) is 11.5 Å². The van der Waals surface area contributed by atoms with Gasteiger partial charge in [0.1, 0.15) is 11.8 Å². The molecular weight excluding hydrogens is 384 g/mol. The number of imidazole rings is 1. The summed E-state index contributed by atoms with van der Waals surface area (Å²) in [5, 5.41) is 4.31. The Morgan fingerprint density at radius 1 is 1.07 bits per heavy atom. The summed E-state index contributed by atoms with van der Waals surface area (Å²) in [7, 11) is 0. The largest absolute Gasteiger partial charge is 0.360 e. The fourth-order valence-corrected chi connectivity index (χ4v) is 3.97. The highest BCUT2D eigenvalue weighted by Gasteiger charge is 2.25. The number of anilines is 2. The standard InChI is InChI=1S/C22H19ClN6/c1-14(28-22-20-21(25-12-24-20)26-13-27-22)19-10-15-6-5-9-18(23)17(15)11-29(19)16-7-3-2-4-8-16/h2-10,12-14H,11H2,1H3,(H2,24,25,26,27,28)/t14-/m0/s1. The van der Waals surface area contributed by atoms with Crippen molar-refractivity contribution in [3.05, 3.63) is 83.0 Å². The molecule has 7 heteroatoms. The molecule has 2 aromatic heterocycles. The van der Waals surface area contributed by atoms with E-state index < -0.39 is 0 Å². The molecule has 3 heterocycles. The maximum Gasteiger partial charge on any atom is 0.182 e. The molecule has 29 heavy (non-hydrogen) atoms. The Bertz CT molecular complexity index is 1200. The molecule has 0 unspecified atom stereocenters. The second-order valence-corrected chi connectivity index (χ2v) is 7.40. The second kappa shape index (κ2) is 7.22. The number of rotatable bonds is 4. The number of nitrogens with one attached hydrogen (secondary N) is 2. The van der Waals surface area contributed by atoms with Crippen LogP contribution < -0.4 is 10.2 Å². The SMILES string of the molecule is C[C@H](Nc1ncnc2nc[nH]c12)C1=Cc2cccc(Cl)c2CN1c1ccccc1. The van der Waals surface area contributed by atoms with Crippen LogP contribution >= 0.6 is 11.6 Å². The number of aromatic nitrogens is 4. The highest BCUT2D eigenvalue weighted by molar-refractivity contribution is 6.31. The van der Waals surface area contributed by atoms with Gasteiger partial charge in [0.2, 0.25) is 0 Å². The topological polar surface area (TPSA) is 69.7 Å². The summed E-state index contributed by atoms with van der Waals surface area (Å²) in [5.74, 6) is 0.728. The number of fused-ring (bicyclic) bond motifs is 2. The Balaban J connectivity index is 1.56. The molecule has 0 saturated heterocycles. The van der Waals surface area contributed by atoms with Gasteiger partial charge in [-0.15, -0.1) is 0 Å². The smallest absolute Gasteiger partial charge is 0.182 e. The summed E-state index contributed by atoms with van der Waals surface area (Å²) in [4.78, 5) is 18.2. The first-order valence-corrected chi connectivity index (χ1v) is 9.80. The van der Waals surface area contributed by atoms with Gasteiger partial charge in [-0.05, 0) is 42.3 Å². The number of hydrogen-bond donors (Lipinski definition) is 2. The molecule has 144 valence electrons. The normalized spacial score (nSPS) is 14.4. The lowest BCUT2D eigenvalue weighted by atomic mass is 9.98. The Morgan fingerprint density at radius 2 is 1.93 bits per heavy atom. The van der Waals surface area contributed by atoms with Crippen molar-refractivity contribution < 1.29 is 0 Å². The Kier molecular flexibility index (Phi) is 4.41. The second-order valence-electron chi connectivity index (χ2n) is 6.99. The van der Waals surface area contributed by atoms with E-state index in [2.05, 4.69) is 61.4 Å². The van der Waals surface area contributed by atoms with E-state index in [1.54, 1.807) is 6.33 Å². The van der Waals surface area contributed by atoms with Crippen molar-refractivity contribution >= 4 is 40.3 Å². The van der Waals surface area contributed by atoms with E-state index in [-0.39, 0.29) is 6.04 Å². The van der Waals surface area contributed by atoms with E-state index in [1.807, 2.05) is 30.3 Å². The summed E-state index contributed by atoms with van der Waals surface area (Å²) in [6.45, 7) is 2.84. The van der Waals surface area contributed by atoms with Gasteiger partial charge in [-0.25, -0.2) is 15.0 Å². The number of nitrogens with zero attached hydrogens (tertiary/aromatic N) is 4. The van der Waals surface area contributed by atoms with Crippen LogP contribution in [0, 0.1) is 0 Å². The molecular formula is C22H19ClN6. The van der Waals surface area contributed by atoms with Crippen LogP contribution in [-0.4, -0.2) is 26.0 Å². The number of hydrogen-bond acceptors (Lipinski definition) is 5. The molecule has 5 rings (SSSR count). The van der Waals surface area contributed by atoms with E-state index in [0.717, 1.165) is 38.9 Å². The Hall–Kier alpha value is -3.38. The third kappa shape index (κ3) is 3.21. The number of aromatic amines is 1. The average molecular weight is 403 g/mol. The fraction of sp³-hybridized carbons (Fsp3) is 0.136. The minimum absolute atomic E-state index is 0.0104. The van der Waals surface area contributed by atoms with Gasteiger partial charge in [-0.3, -0.25) is 0 Å². The minimum atomic E-state index is -0.0104. The van der Waals surface area contributed by atoms with E-state index in [9.17, 15) is 0 Å². The molecule has 0 bridgehead atoms. The molecule has 0 saturated carbocycles.